The van der Waals surface area contributed by atoms with Gasteiger partial charge in [-0.2, -0.15) is 0 Å². The van der Waals surface area contributed by atoms with Crippen molar-refractivity contribution in [1.29, 1.82) is 0 Å². The van der Waals surface area contributed by atoms with E-state index in [0.717, 1.165) is 6.42 Å². The Hall–Kier alpha value is -3.39. The van der Waals surface area contributed by atoms with E-state index in [-0.39, 0.29) is 30.7 Å². The predicted molar refractivity (Wildman–Crippen MR) is 115 cm³/mol. The molecule has 0 aliphatic rings. The van der Waals surface area contributed by atoms with Gasteiger partial charge < -0.3 is 20.5 Å². The van der Waals surface area contributed by atoms with Crippen molar-refractivity contribution in [2.45, 2.75) is 19.9 Å². The summed E-state index contributed by atoms with van der Waals surface area (Å²) in [5, 5.41) is 17.1. The van der Waals surface area contributed by atoms with Crippen molar-refractivity contribution in [3.05, 3.63) is 75.7 Å². The van der Waals surface area contributed by atoms with Crippen LogP contribution in [0.4, 0.5) is 0 Å². The Morgan fingerprint density at radius 2 is 1.87 bits per heavy atom. The Balaban J connectivity index is 1.39. The fraction of sp³-hybridized carbons (Fsp3) is 0.227. The number of aromatic nitrogens is 1. The van der Waals surface area contributed by atoms with Gasteiger partial charge in [0.25, 0.3) is 11.8 Å². The Morgan fingerprint density at radius 3 is 2.63 bits per heavy atom. The summed E-state index contributed by atoms with van der Waals surface area (Å²) in [6, 6.07) is 14.2. The quantitative estimate of drug-likeness (QED) is 0.489. The molecule has 0 unspecified atom stereocenters. The number of hydrogen-bond donors (Lipinski definition) is 3. The third-order valence-corrected chi connectivity index (χ3v) is 5.22. The van der Waals surface area contributed by atoms with Gasteiger partial charge in [-0.15, -0.1) is 11.3 Å². The lowest BCUT2D eigenvalue weighted by molar-refractivity contribution is -0.123. The van der Waals surface area contributed by atoms with Crippen molar-refractivity contribution in [1.82, 2.24) is 15.6 Å². The molecule has 3 rings (SSSR count). The number of phenols is 1. The maximum absolute atomic E-state index is 12.3. The second kappa shape index (κ2) is 10.4. The van der Waals surface area contributed by atoms with Gasteiger partial charge in [0.15, 0.2) is 6.61 Å². The number of hydrogen-bond acceptors (Lipinski definition) is 6. The minimum Gasteiger partial charge on any atom is -0.508 e. The van der Waals surface area contributed by atoms with Crippen LogP contribution in [0.15, 0.2) is 53.9 Å². The van der Waals surface area contributed by atoms with Crippen molar-refractivity contribution in [3.8, 4) is 11.5 Å². The highest BCUT2D eigenvalue weighted by molar-refractivity contribution is 7.09. The normalized spacial score (nSPS) is 10.4. The van der Waals surface area contributed by atoms with Crippen LogP contribution < -0.4 is 15.4 Å². The fourth-order valence-electron chi connectivity index (χ4n) is 2.70. The summed E-state index contributed by atoms with van der Waals surface area (Å²) in [6.07, 6.45) is 0.756. The van der Waals surface area contributed by atoms with Gasteiger partial charge in [-0.1, -0.05) is 24.3 Å². The van der Waals surface area contributed by atoms with Gasteiger partial charge in [0.2, 0.25) is 0 Å². The molecule has 156 valence electrons. The molecule has 0 aliphatic carbocycles. The average molecular weight is 426 g/mol. The third-order valence-electron chi connectivity index (χ3n) is 4.37. The highest BCUT2D eigenvalue weighted by atomic mass is 32.1. The summed E-state index contributed by atoms with van der Waals surface area (Å²) in [7, 11) is 0. The minimum atomic E-state index is -0.303. The molecule has 0 saturated carbocycles. The van der Waals surface area contributed by atoms with Crippen molar-refractivity contribution < 1.29 is 19.4 Å². The molecule has 1 heterocycles. The van der Waals surface area contributed by atoms with Gasteiger partial charge in [-0.25, -0.2) is 4.98 Å². The first-order chi connectivity index (χ1) is 14.5. The van der Waals surface area contributed by atoms with Crippen LogP contribution in [0.1, 0.15) is 26.6 Å². The number of nitrogens with one attached hydrogen (secondary N) is 2. The van der Waals surface area contributed by atoms with Crippen LogP contribution >= 0.6 is 11.3 Å². The summed E-state index contributed by atoms with van der Waals surface area (Å²) < 4.78 is 5.34. The second-order valence-corrected chi connectivity index (χ2v) is 7.56. The molecule has 0 atom stereocenters. The van der Waals surface area contributed by atoms with E-state index in [0.29, 0.717) is 23.0 Å². The Morgan fingerprint density at radius 1 is 1.10 bits per heavy atom. The molecule has 3 N–H and O–H groups in total. The number of rotatable bonds is 9. The van der Waals surface area contributed by atoms with E-state index in [4.69, 9.17) is 4.74 Å². The number of aryl methyl sites for hydroxylation is 1. The van der Waals surface area contributed by atoms with Gasteiger partial charge in [-0.05, 0) is 48.7 Å². The number of phenolic OH excluding ortho intramolecular Hbond substituents is 1. The molecule has 8 heteroatoms. The van der Waals surface area contributed by atoms with Crippen LogP contribution in [0.2, 0.25) is 0 Å². The highest BCUT2D eigenvalue weighted by Crippen LogP contribution is 2.15. The number of benzene rings is 2. The number of carbonyl (C=O) groups excluding carboxylic acids is 2. The Bertz CT molecular complexity index is 1000. The smallest absolute Gasteiger partial charge is 0.270 e. The van der Waals surface area contributed by atoms with Gasteiger partial charge in [-0.3, -0.25) is 9.59 Å². The summed E-state index contributed by atoms with van der Waals surface area (Å²) in [5.74, 6) is 0.0861. The molecule has 0 saturated heterocycles. The van der Waals surface area contributed by atoms with E-state index in [2.05, 4.69) is 21.7 Å². The molecule has 30 heavy (non-hydrogen) atoms. The van der Waals surface area contributed by atoms with Crippen LogP contribution in [0.5, 0.6) is 11.5 Å². The van der Waals surface area contributed by atoms with Gasteiger partial charge in [0.1, 0.15) is 22.2 Å². The Kier molecular flexibility index (Phi) is 7.40. The lowest BCUT2D eigenvalue weighted by Crippen LogP contribution is -2.28. The lowest BCUT2D eigenvalue weighted by Gasteiger charge is -2.07. The number of aromatic hydroxyl groups is 1. The standard InChI is InChI=1S/C22H23N3O4S/c1-15-4-2-3-5-16(15)10-11-23-22(28)19-14-30-21(25-19)12-24-20(27)13-29-18-8-6-17(26)7-9-18/h2-9,14,26H,10-13H2,1H3,(H,23,28)(H,24,27). The molecule has 0 spiro atoms. The second-order valence-electron chi connectivity index (χ2n) is 6.62. The highest BCUT2D eigenvalue weighted by Gasteiger charge is 2.11. The number of nitrogens with zero attached hydrogens (tertiary/aromatic N) is 1. The molecular weight excluding hydrogens is 402 g/mol. The molecule has 3 aromatic rings. The molecule has 0 bridgehead atoms. The minimum absolute atomic E-state index is 0.130. The zero-order chi connectivity index (χ0) is 21.3. The lowest BCUT2D eigenvalue weighted by atomic mass is 10.1. The summed E-state index contributed by atoms with van der Waals surface area (Å²) in [5.41, 5.74) is 2.75. The van der Waals surface area contributed by atoms with Gasteiger partial charge in [0, 0.05) is 11.9 Å². The number of carbonyl (C=O) groups is 2. The number of amides is 2. The average Bonchev–Trinajstić information content (AvgIpc) is 3.22. The van der Waals surface area contributed by atoms with E-state index in [1.54, 1.807) is 17.5 Å². The molecule has 2 aromatic carbocycles. The van der Waals surface area contributed by atoms with Crippen LogP contribution in [-0.2, 0) is 17.8 Å². The largest absolute Gasteiger partial charge is 0.508 e. The number of thiazole rings is 1. The molecule has 0 aliphatic heterocycles. The van der Waals surface area contributed by atoms with Crippen molar-refractivity contribution in [2.75, 3.05) is 13.2 Å². The van der Waals surface area contributed by atoms with E-state index >= 15 is 0 Å². The maximum Gasteiger partial charge on any atom is 0.270 e. The van der Waals surface area contributed by atoms with Crippen LogP contribution in [-0.4, -0.2) is 35.1 Å². The third kappa shape index (κ3) is 6.31. The molecule has 7 nitrogen and oxygen atoms in total. The van der Waals surface area contributed by atoms with Crippen molar-refractivity contribution in [2.24, 2.45) is 0 Å². The molecule has 2 amide bonds. The summed E-state index contributed by atoms with van der Waals surface area (Å²) >= 11 is 1.31. The summed E-state index contributed by atoms with van der Waals surface area (Å²) in [6.45, 7) is 2.65. The first-order valence-corrected chi connectivity index (χ1v) is 10.3. The zero-order valence-electron chi connectivity index (χ0n) is 16.6. The van der Waals surface area contributed by atoms with Crippen LogP contribution in [0.25, 0.3) is 0 Å². The van der Waals surface area contributed by atoms with E-state index in [9.17, 15) is 14.7 Å². The number of ether oxygens (including phenoxy) is 1. The zero-order valence-corrected chi connectivity index (χ0v) is 17.4. The molecule has 0 radical (unpaired) electrons. The molecule has 0 fully saturated rings. The first-order valence-electron chi connectivity index (χ1n) is 9.47. The van der Waals surface area contributed by atoms with Crippen molar-refractivity contribution >= 4 is 23.2 Å². The Labute approximate surface area is 178 Å². The predicted octanol–water partition coefficient (Wildman–Crippen LogP) is 2.82. The fourth-order valence-corrected chi connectivity index (χ4v) is 3.42. The molecule has 1 aromatic heterocycles. The van der Waals surface area contributed by atoms with E-state index in [1.165, 1.54) is 34.6 Å². The van der Waals surface area contributed by atoms with Crippen molar-refractivity contribution in [3.63, 3.8) is 0 Å². The van der Waals surface area contributed by atoms with Gasteiger partial charge in [0.05, 0.1) is 6.54 Å². The van der Waals surface area contributed by atoms with Gasteiger partial charge >= 0.3 is 0 Å². The first kappa shape index (κ1) is 21.3. The topological polar surface area (TPSA) is 101 Å². The molecular formula is C22H23N3O4S. The maximum atomic E-state index is 12.3. The SMILES string of the molecule is Cc1ccccc1CCNC(=O)c1csc(CNC(=O)COc2ccc(O)cc2)n1. The van der Waals surface area contributed by atoms with Crippen LogP contribution in [0, 0.1) is 6.92 Å². The summed E-state index contributed by atoms with van der Waals surface area (Å²) in [4.78, 5) is 28.5. The van der Waals surface area contributed by atoms with E-state index in [1.807, 2.05) is 25.1 Å². The van der Waals surface area contributed by atoms with E-state index < -0.39 is 0 Å². The van der Waals surface area contributed by atoms with Crippen LogP contribution in [0.3, 0.4) is 0 Å². The monoisotopic (exact) mass is 425 g/mol.